The Morgan fingerprint density at radius 1 is 0.875 bits per heavy atom. The van der Waals surface area contributed by atoms with Gasteiger partial charge < -0.3 is 29.1 Å². The lowest BCUT2D eigenvalue weighted by molar-refractivity contribution is -0.0926. The minimum absolute atomic E-state index is 0.108. The fraction of sp³-hybridized carbons (Fsp3) is 0.349. The summed E-state index contributed by atoms with van der Waals surface area (Å²) in [6, 6.07) is 35.7. The van der Waals surface area contributed by atoms with Gasteiger partial charge in [0.15, 0.2) is 0 Å². The van der Waals surface area contributed by atoms with Crippen LogP contribution in [-0.2, 0) is 26.0 Å². The Bertz CT molecular complexity index is 2100. The Morgan fingerprint density at radius 3 is 1.96 bits per heavy atom. The van der Waals surface area contributed by atoms with Gasteiger partial charge in [-0.3, -0.25) is 4.57 Å². The van der Waals surface area contributed by atoms with Crippen LogP contribution in [0, 0.1) is 0 Å². The lowest BCUT2D eigenvalue weighted by Gasteiger charge is -2.42. The van der Waals surface area contributed by atoms with E-state index in [1.165, 1.54) is 4.57 Å². The minimum atomic E-state index is -2.82. The molecule has 292 valence electrons. The molecule has 12 nitrogen and oxygen atoms in total. The van der Waals surface area contributed by atoms with E-state index in [4.69, 9.17) is 34.6 Å². The average molecular weight is 775 g/mol. The summed E-state index contributed by atoms with van der Waals surface area (Å²) in [6.45, 7) is 9.21. The minimum Gasteiger partial charge on any atom is -0.497 e. The summed E-state index contributed by atoms with van der Waals surface area (Å²) in [7, 11) is 0.469. The molecule has 3 atom stereocenters. The van der Waals surface area contributed by atoms with E-state index in [1.54, 1.807) is 26.5 Å². The number of ether oxygens (including phenoxy) is 4. The van der Waals surface area contributed by atoms with Crippen molar-refractivity contribution in [2.24, 2.45) is 5.11 Å². The van der Waals surface area contributed by atoms with Crippen LogP contribution in [0.4, 0.5) is 5.82 Å². The molecule has 0 aliphatic carbocycles. The van der Waals surface area contributed by atoms with E-state index in [2.05, 4.69) is 67.0 Å². The Morgan fingerprint density at radius 2 is 1.45 bits per heavy atom. The maximum absolute atomic E-state index is 13.2. The number of hydrogen-bond acceptors (Lipinski definition) is 9. The highest BCUT2D eigenvalue weighted by molar-refractivity contribution is 6.88. The molecule has 0 amide bonds. The van der Waals surface area contributed by atoms with Crippen molar-refractivity contribution in [3.05, 3.63) is 159 Å². The van der Waals surface area contributed by atoms with E-state index in [-0.39, 0.29) is 30.1 Å². The second kappa shape index (κ2) is 17.6. The lowest BCUT2D eigenvalue weighted by Crippen LogP contribution is -2.59. The molecule has 56 heavy (non-hydrogen) atoms. The molecule has 2 heterocycles. The molecule has 4 aromatic carbocycles. The van der Waals surface area contributed by atoms with Crippen LogP contribution in [-0.4, -0.2) is 50.9 Å². The van der Waals surface area contributed by atoms with Crippen LogP contribution in [0.25, 0.3) is 10.4 Å². The average Bonchev–Trinajstić information content (AvgIpc) is 3.61. The first-order valence-corrected chi connectivity index (χ1v) is 20.9. The molecule has 0 saturated carbocycles. The number of aromatic nitrogens is 2. The van der Waals surface area contributed by atoms with Crippen molar-refractivity contribution >= 4 is 19.3 Å². The maximum atomic E-state index is 13.2. The Balaban J connectivity index is 1.46. The quantitative estimate of drug-likeness (QED) is 0.0348. The predicted molar refractivity (Wildman–Crippen MR) is 219 cm³/mol. The Hall–Kier alpha value is -5.43. The number of methoxy groups -OCH3 is 2. The third-order valence-corrected chi connectivity index (χ3v) is 16.1. The molecule has 6 rings (SSSR count). The first kappa shape index (κ1) is 40.2. The number of hydrogen-bond donors (Lipinski definition) is 1. The summed E-state index contributed by atoms with van der Waals surface area (Å²) in [6.07, 6.45) is 0.254. The van der Waals surface area contributed by atoms with Crippen LogP contribution >= 0.6 is 0 Å². The van der Waals surface area contributed by atoms with Crippen molar-refractivity contribution in [1.82, 2.24) is 9.55 Å². The van der Waals surface area contributed by atoms with Crippen molar-refractivity contribution < 1.29 is 23.4 Å². The number of azide groups is 1. The monoisotopic (exact) mass is 774 g/mol. The molecular weight excluding hydrogens is 725 g/mol. The van der Waals surface area contributed by atoms with Gasteiger partial charge in [0, 0.05) is 17.5 Å². The molecule has 0 unspecified atom stereocenters. The standard InChI is InChI=1S/C43H50N6O6Si/c1-29(2)56(30(3)4,37-22-12-31(13-23-37)27-46-48-45)55-38-26-41(49-25-24-40(44)47-42(49)50)54-39(38)28-53-43(32-10-8-7-9-11-32,33-14-18-35(51-5)19-15-33)34-16-20-36(52-6)21-17-34/h7-25,29-30,38-39,41H,26-28H2,1-6H3,(H2,44,47,50)/t38-,39+,41+/m0/s1. The number of rotatable bonds is 16. The van der Waals surface area contributed by atoms with Gasteiger partial charge in [0.05, 0.1) is 33.5 Å². The molecule has 1 aliphatic heterocycles. The molecule has 0 bridgehead atoms. The summed E-state index contributed by atoms with van der Waals surface area (Å²) >= 11 is 0. The molecule has 0 radical (unpaired) electrons. The third-order valence-electron chi connectivity index (χ3n) is 10.8. The molecule has 0 spiro atoms. The van der Waals surface area contributed by atoms with Crippen LogP contribution in [0.1, 0.15) is 62.6 Å². The summed E-state index contributed by atoms with van der Waals surface area (Å²) in [5, 5.41) is 4.87. The number of benzene rings is 4. The topological polar surface area (TPSA) is 156 Å². The number of nitrogen functional groups attached to an aromatic ring is 1. The second-order valence-corrected chi connectivity index (χ2v) is 19.3. The van der Waals surface area contributed by atoms with Gasteiger partial charge in [-0.05, 0) is 74.4 Å². The predicted octanol–water partition coefficient (Wildman–Crippen LogP) is 8.01. The van der Waals surface area contributed by atoms with E-state index in [0.717, 1.165) is 38.9 Å². The molecule has 5 aromatic rings. The highest BCUT2D eigenvalue weighted by Gasteiger charge is 2.50. The van der Waals surface area contributed by atoms with Crippen LogP contribution in [0.15, 0.2) is 125 Å². The van der Waals surface area contributed by atoms with Gasteiger partial charge in [0.25, 0.3) is 0 Å². The zero-order chi connectivity index (χ0) is 39.9. The van der Waals surface area contributed by atoms with Crippen LogP contribution < -0.4 is 26.1 Å². The second-order valence-electron chi connectivity index (χ2n) is 14.6. The van der Waals surface area contributed by atoms with Crippen molar-refractivity contribution in [3.8, 4) is 11.5 Å². The van der Waals surface area contributed by atoms with E-state index in [1.807, 2.05) is 78.9 Å². The summed E-state index contributed by atoms with van der Waals surface area (Å²) in [5.74, 6) is 1.58. The van der Waals surface area contributed by atoms with Crippen LogP contribution in [0.5, 0.6) is 11.5 Å². The van der Waals surface area contributed by atoms with Crippen LogP contribution in [0.3, 0.4) is 0 Å². The Labute approximate surface area is 328 Å². The zero-order valence-corrected chi connectivity index (χ0v) is 33.7. The van der Waals surface area contributed by atoms with Gasteiger partial charge >= 0.3 is 5.69 Å². The molecule has 13 heteroatoms. The summed E-state index contributed by atoms with van der Waals surface area (Å²) < 4.78 is 34.3. The Kier molecular flexibility index (Phi) is 12.6. The van der Waals surface area contributed by atoms with Crippen molar-refractivity contribution in [3.63, 3.8) is 0 Å². The van der Waals surface area contributed by atoms with Crippen molar-refractivity contribution in [1.29, 1.82) is 0 Å². The smallest absolute Gasteiger partial charge is 0.351 e. The van der Waals surface area contributed by atoms with Crippen molar-refractivity contribution in [2.75, 3.05) is 26.6 Å². The normalized spacial score (nSPS) is 17.2. The molecule has 1 saturated heterocycles. The number of nitrogens with two attached hydrogens (primary N) is 1. The van der Waals surface area contributed by atoms with E-state index < -0.39 is 38.0 Å². The zero-order valence-electron chi connectivity index (χ0n) is 32.7. The van der Waals surface area contributed by atoms with Gasteiger partial charge in [-0.25, -0.2) is 4.79 Å². The van der Waals surface area contributed by atoms with E-state index in [0.29, 0.717) is 6.42 Å². The van der Waals surface area contributed by atoms with E-state index >= 15 is 0 Å². The van der Waals surface area contributed by atoms with Crippen LogP contribution in [0.2, 0.25) is 11.1 Å². The van der Waals surface area contributed by atoms with Gasteiger partial charge in [-0.1, -0.05) is 112 Å². The third kappa shape index (κ3) is 8.09. The van der Waals surface area contributed by atoms with E-state index in [9.17, 15) is 4.79 Å². The van der Waals surface area contributed by atoms with Gasteiger partial charge in [0.1, 0.15) is 35.2 Å². The first-order chi connectivity index (χ1) is 27.0. The first-order valence-electron chi connectivity index (χ1n) is 18.8. The summed E-state index contributed by atoms with van der Waals surface area (Å²) in [5.41, 5.74) is 17.1. The van der Waals surface area contributed by atoms with Gasteiger partial charge in [0.2, 0.25) is 8.32 Å². The number of anilines is 1. The van der Waals surface area contributed by atoms with Crippen molar-refractivity contribution in [2.45, 2.75) is 75.8 Å². The SMILES string of the molecule is COc1ccc(C(OC[C@H]2O[C@@H](n3ccc(N)nc3=O)C[C@@H]2O[Si](c2ccc(CN=[N+]=[N-])cc2)(C(C)C)C(C)C)(c2ccccc2)c2ccc(OC)cc2)cc1. The lowest BCUT2D eigenvalue weighted by atomic mass is 9.80. The fourth-order valence-electron chi connectivity index (χ4n) is 7.98. The molecular formula is C43H50N6O6Si. The molecule has 1 aromatic heterocycles. The molecule has 1 aliphatic rings. The van der Waals surface area contributed by atoms with Gasteiger partial charge in [-0.15, -0.1) is 0 Å². The highest BCUT2D eigenvalue weighted by Crippen LogP contribution is 2.44. The summed E-state index contributed by atoms with van der Waals surface area (Å²) in [4.78, 5) is 20.1. The largest absolute Gasteiger partial charge is 0.497 e. The molecule has 2 N–H and O–H groups in total. The fourth-order valence-corrected chi connectivity index (χ4v) is 12.8. The number of nitrogens with zero attached hydrogens (tertiary/aromatic N) is 5. The van der Waals surface area contributed by atoms with Gasteiger partial charge in [-0.2, -0.15) is 4.98 Å². The maximum Gasteiger partial charge on any atom is 0.351 e. The highest BCUT2D eigenvalue weighted by atomic mass is 28.4. The molecule has 1 fully saturated rings.